The Kier molecular flexibility index (Phi) is 25.3. The SMILES string of the molecule is C.NC(=NCCNc1nonc1-c1noc(=O)n1-c1ccc(F)c(Br)c1)NS(=O)(=O)CC1CCCCC1.NC(=NCCNc1nonc1C(=Nc1ccc(F)c(Br)c1)NO)NS(=O)(=O)CC1CCCCC1.[Na+].[OH-]. The summed E-state index contributed by atoms with van der Waals surface area (Å²) in [4.78, 5) is 24.4. The molecule has 0 unspecified atom stereocenters. The summed E-state index contributed by atoms with van der Waals surface area (Å²) < 4.78 is 96.6. The number of benzene rings is 2. The van der Waals surface area contributed by atoms with Crippen molar-refractivity contribution in [1.82, 2.24) is 45.3 Å². The number of rotatable bonds is 18. The van der Waals surface area contributed by atoms with Crippen LogP contribution in [0.25, 0.3) is 17.2 Å². The minimum absolute atomic E-state index is 0. The molecule has 3 heterocycles. The number of hydroxylamine groups is 1. The Morgan fingerprint density at radius 3 is 1.79 bits per heavy atom. The summed E-state index contributed by atoms with van der Waals surface area (Å²) in [5.41, 5.74) is 14.1. The van der Waals surface area contributed by atoms with Crippen LogP contribution in [0, 0.1) is 23.5 Å². The molecule has 2 fully saturated rings. The number of sulfonamides is 2. The number of amidine groups is 1. The molecule has 5 aromatic rings. The van der Waals surface area contributed by atoms with E-state index in [0.29, 0.717) is 5.69 Å². The fourth-order valence-electron chi connectivity index (χ4n) is 7.47. The minimum Gasteiger partial charge on any atom is -0.870 e. The van der Waals surface area contributed by atoms with Gasteiger partial charge in [-0.2, -0.15) is 0 Å². The van der Waals surface area contributed by atoms with Crippen LogP contribution in [-0.2, 0) is 20.0 Å². The molecule has 2 aromatic carbocycles. The maximum atomic E-state index is 13.6. The number of anilines is 2. The molecule has 0 aliphatic heterocycles. The van der Waals surface area contributed by atoms with E-state index in [1.807, 2.05) is 5.48 Å². The van der Waals surface area contributed by atoms with Crippen molar-refractivity contribution in [3.05, 3.63) is 73.2 Å². The molecule has 33 heteroatoms. The van der Waals surface area contributed by atoms with E-state index in [0.717, 1.165) is 68.8 Å². The van der Waals surface area contributed by atoms with Gasteiger partial charge in [-0.1, -0.05) is 51.1 Å². The molecule has 73 heavy (non-hydrogen) atoms. The van der Waals surface area contributed by atoms with Gasteiger partial charge in [-0.15, -0.1) is 0 Å². The molecule has 3 aromatic heterocycles. The number of aliphatic imine (C=N–C) groups is 3. The third kappa shape index (κ3) is 19.0. The first-order chi connectivity index (χ1) is 33.5. The normalized spacial score (nSPS) is 14.9. The predicted octanol–water partition coefficient (Wildman–Crippen LogP) is 1.72. The molecule has 0 bridgehead atoms. The van der Waals surface area contributed by atoms with Crippen molar-refractivity contribution in [3.8, 4) is 17.2 Å². The molecule has 0 atom stereocenters. The zero-order valence-electron chi connectivity index (χ0n) is 38.6. The van der Waals surface area contributed by atoms with Gasteiger partial charge in [0.1, 0.15) is 11.6 Å². The van der Waals surface area contributed by atoms with Gasteiger partial charge in [-0.05, 0) is 126 Å². The van der Waals surface area contributed by atoms with Gasteiger partial charge in [-0.3, -0.25) is 34.6 Å². The fraction of sp³-hybridized carbons (Fsp3) is 0.475. The summed E-state index contributed by atoms with van der Waals surface area (Å²) in [5.74, 6) is -1.70. The number of nitrogens with zero attached hydrogens (tertiary/aromatic N) is 9. The van der Waals surface area contributed by atoms with Gasteiger partial charge in [0.2, 0.25) is 49.4 Å². The first-order valence-electron chi connectivity index (χ1n) is 21.7. The summed E-state index contributed by atoms with van der Waals surface area (Å²) in [6, 6.07) is 7.96. The second-order valence-corrected chi connectivity index (χ2v) is 21.2. The second kappa shape index (κ2) is 29.7. The van der Waals surface area contributed by atoms with Crippen LogP contribution in [0.2, 0.25) is 0 Å². The average molecular weight is 1200 g/mol. The Bertz CT molecular complexity index is 2930. The summed E-state index contributed by atoms with van der Waals surface area (Å²) in [5, 5.41) is 33.9. The minimum atomic E-state index is -3.58. The first kappa shape index (κ1) is 62.2. The average Bonchev–Trinajstić information content (AvgIpc) is 4.08. The van der Waals surface area contributed by atoms with Crippen molar-refractivity contribution in [3.63, 3.8) is 0 Å². The van der Waals surface area contributed by atoms with E-state index in [2.05, 4.69) is 92.7 Å². The van der Waals surface area contributed by atoms with Crippen LogP contribution in [0.1, 0.15) is 77.3 Å². The maximum Gasteiger partial charge on any atom is 1.00 e. The van der Waals surface area contributed by atoms with Gasteiger partial charge in [0, 0.05) is 13.1 Å². The zero-order valence-corrected chi connectivity index (χ0v) is 45.4. The molecule has 7 rings (SSSR count). The molecule has 2 saturated carbocycles. The Hall–Kier alpha value is -5.09. The molecule has 26 nitrogen and oxygen atoms in total. The van der Waals surface area contributed by atoms with Gasteiger partial charge >= 0.3 is 35.3 Å². The third-order valence-electron chi connectivity index (χ3n) is 10.7. The van der Waals surface area contributed by atoms with Crippen LogP contribution >= 0.6 is 31.9 Å². The number of hydrogen-bond donors (Lipinski definition) is 8. The van der Waals surface area contributed by atoms with Gasteiger partial charge in [0.25, 0.3) is 0 Å². The van der Waals surface area contributed by atoms with Crippen LogP contribution in [-0.4, -0.2) is 113 Å². The van der Waals surface area contributed by atoms with E-state index in [1.165, 1.54) is 36.4 Å². The number of hydrogen-bond acceptors (Lipinski definition) is 20. The van der Waals surface area contributed by atoms with Crippen LogP contribution in [0.3, 0.4) is 0 Å². The molecular formula is C40H55Br2F2N16NaO10S2. The molecule has 2 aliphatic carbocycles. The number of aromatic nitrogens is 6. The Balaban J connectivity index is 0.000000371. The molecule has 0 spiro atoms. The first-order valence-corrected chi connectivity index (χ1v) is 26.6. The standard InChI is InChI=1S/C20H24BrFN8O5S.C19H26BrFN8O4S.CH4.Na.H2O/c21-14-10-13(6-7-15(14)22)30-18(28-34-20(30)31)16-17(27-35-26-16)24-8-9-25-19(23)29-36(32,33)11-12-4-2-1-3-5-12;20-14-10-13(6-7-15(14)21)25-18(26-30)16-17(28-33-27-16)23-8-9-24-19(22)29-34(31,32)11-12-4-2-1-3-5-12;;;/h6-7,10,12H,1-5,8-9,11H2,(H,24,27)(H3,23,25,29);6-7,10,12,30H,1-5,8-9,11H2,(H,23,28)(H,25,26)(H3,22,24,29);1H4;;1H2/q;;;+1;/p-1. The van der Waals surface area contributed by atoms with Gasteiger partial charge < -0.3 is 27.6 Å². The Morgan fingerprint density at radius 2 is 1.26 bits per heavy atom. The number of halogens is 4. The van der Waals surface area contributed by atoms with Crippen molar-refractivity contribution in [1.29, 1.82) is 0 Å². The molecule has 2 aliphatic rings. The third-order valence-corrected chi connectivity index (χ3v) is 14.8. The van der Waals surface area contributed by atoms with E-state index >= 15 is 0 Å². The van der Waals surface area contributed by atoms with E-state index < -0.39 is 37.4 Å². The fourth-order valence-corrected chi connectivity index (χ4v) is 11.0. The van der Waals surface area contributed by atoms with E-state index in [9.17, 15) is 35.6 Å². The summed E-state index contributed by atoms with van der Waals surface area (Å²) in [6.45, 7) is 0.595. The topological polar surface area (TPSA) is 394 Å². The number of nitrogens with two attached hydrogens (primary N) is 2. The molecule has 396 valence electrons. The number of nitrogens with one attached hydrogen (secondary N) is 5. The largest absolute Gasteiger partial charge is 1.00 e. The molecule has 0 amide bonds. The van der Waals surface area contributed by atoms with Crippen LogP contribution in [0.15, 0.2) is 78.9 Å². The van der Waals surface area contributed by atoms with Crippen molar-refractivity contribution in [2.45, 2.75) is 71.6 Å². The van der Waals surface area contributed by atoms with Gasteiger partial charge in [-0.25, -0.2) is 49.2 Å². The van der Waals surface area contributed by atoms with Crippen molar-refractivity contribution >= 4 is 87.0 Å². The van der Waals surface area contributed by atoms with E-state index in [1.54, 1.807) is 0 Å². The predicted molar refractivity (Wildman–Crippen MR) is 268 cm³/mol. The Morgan fingerprint density at radius 1 is 0.753 bits per heavy atom. The van der Waals surface area contributed by atoms with Crippen LogP contribution in [0.4, 0.5) is 26.1 Å². The molecule has 11 N–H and O–H groups in total. The molecular weight excluding hydrogens is 1150 g/mol. The number of guanidine groups is 2. The smallest absolute Gasteiger partial charge is 0.870 e. The monoisotopic (exact) mass is 1200 g/mol. The van der Waals surface area contributed by atoms with Crippen LogP contribution < -0.4 is 72.3 Å². The Labute approximate surface area is 457 Å². The maximum absolute atomic E-state index is 13.6. The van der Waals surface area contributed by atoms with Gasteiger partial charge in [0.15, 0.2) is 17.2 Å². The molecule has 0 radical (unpaired) electrons. The van der Waals surface area contributed by atoms with Crippen molar-refractivity contribution < 1.29 is 79.6 Å². The molecule has 0 saturated heterocycles. The second-order valence-electron chi connectivity index (χ2n) is 16.0. The van der Waals surface area contributed by atoms with Crippen LogP contribution in [0.5, 0.6) is 0 Å². The summed E-state index contributed by atoms with van der Waals surface area (Å²) in [6.07, 6.45) is 10.1. The summed E-state index contributed by atoms with van der Waals surface area (Å²) >= 11 is 6.14. The zero-order chi connectivity index (χ0) is 50.3. The quantitative estimate of drug-likeness (QED) is 0.0203. The summed E-state index contributed by atoms with van der Waals surface area (Å²) in [7, 11) is -7.14. The van der Waals surface area contributed by atoms with Crippen molar-refractivity contribution in [2.75, 3.05) is 48.3 Å². The van der Waals surface area contributed by atoms with Gasteiger partial charge in [0.05, 0.1) is 44.9 Å². The van der Waals surface area contributed by atoms with Crippen molar-refractivity contribution in [2.24, 2.45) is 38.3 Å². The van der Waals surface area contributed by atoms with E-state index in [4.69, 9.17) is 25.2 Å². The van der Waals surface area contributed by atoms with E-state index in [-0.39, 0.29) is 153 Å².